The quantitative estimate of drug-likeness (QED) is 0.681. The highest BCUT2D eigenvalue weighted by molar-refractivity contribution is 7.17. The van der Waals surface area contributed by atoms with Crippen molar-refractivity contribution in [3.63, 3.8) is 0 Å². The summed E-state index contributed by atoms with van der Waals surface area (Å²) in [6.07, 6.45) is 2.46. The Kier molecular flexibility index (Phi) is 3.72. The number of aromatic nitrogens is 1. The van der Waals surface area contributed by atoms with Gasteiger partial charge < -0.3 is 4.84 Å². The first-order valence-electron chi connectivity index (χ1n) is 5.16. The number of halogens is 2. The van der Waals surface area contributed by atoms with E-state index in [1.807, 2.05) is 18.2 Å². The fraction of sp³-hybridized carbons (Fsp3) is 0.0833. The molecule has 0 saturated carbocycles. The molecule has 1 unspecified atom stereocenters. The van der Waals surface area contributed by atoms with Gasteiger partial charge in [0.2, 0.25) is 0 Å². The molecule has 1 aromatic carbocycles. The molecular formula is C12H11F2N2OP. The highest BCUT2D eigenvalue weighted by atomic mass is 31.0. The number of hydrogen-bond acceptors (Lipinski definition) is 3. The summed E-state index contributed by atoms with van der Waals surface area (Å²) in [7, 11) is 1.46. The molecule has 0 aliphatic rings. The fourth-order valence-corrected chi connectivity index (χ4v) is 1.44. The molecule has 6 heteroatoms. The van der Waals surface area contributed by atoms with Crippen LogP contribution in [0, 0.1) is 0 Å². The third-order valence-electron chi connectivity index (χ3n) is 2.16. The van der Waals surface area contributed by atoms with E-state index in [4.69, 9.17) is 4.84 Å². The Morgan fingerprint density at radius 2 is 1.89 bits per heavy atom. The summed E-state index contributed by atoms with van der Waals surface area (Å²) < 4.78 is 26.1. The van der Waals surface area contributed by atoms with Gasteiger partial charge in [-0.1, -0.05) is 27.4 Å². The van der Waals surface area contributed by atoms with Crippen molar-refractivity contribution in [2.24, 2.45) is 0 Å². The van der Waals surface area contributed by atoms with E-state index < -0.39 is 5.66 Å². The van der Waals surface area contributed by atoms with Crippen molar-refractivity contribution in [2.75, 3.05) is 5.48 Å². The molecule has 3 nitrogen and oxygen atoms in total. The van der Waals surface area contributed by atoms with Gasteiger partial charge in [0.1, 0.15) is 0 Å². The molecule has 0 saturated heterocycles. The second-order valence-electron chi connectivity index (χ2n) is 3.60. The highest BCUT2D eigenvalue weighted by Gasteiger charge is 2.25. The minimum absolute atomic E-state index is 0.221. The fourth-order valence-electron chi connectivity index (χ4n) is 1.28. The van der Waals surface area contributed by atoms with Crippen molar-refractivity contribution < 1.29 is 13.6 Å². The topological polar surface area (TPSA) is 34.1 Å². The Hall–Kier alpha value is -1.74. The number of para-hydroxylation sites is 1. The van der Waals surface area contributed by atoms with E-state index in [2.05, 4.69) is 10.5 Å². The van der Waals surface area contributed by atoms with Gasteiger partial charge in [-0.25, -0.2) is 5.48 Å². The second-order valence-corrected chi connectivity index (χ2v) is 4.33. The Labute approximate surface area is 105 Å². The number of benzene rings is 1. The minimum atomic E-state index is -3.01. The van der Waals surface area contributed by atoms with Crippen molar-refractivity contribution in [3.05, 3.63) is 54.4 Å². The molecule has 0 aliphatic carbocycles. The summed E-state index contributed by atoms with van der Waals surface area (Å²) in [4.78, 5) is 8.88. The maximum atomic E-state index is 13.0. The number of alkyl halides is 2. The lowest BCUT2D eigenvalue weighted by atomic mass is 10.3. The van der Waals surface area contributed by atoms with Crippen molar-refractivity contribution in [2.45, 2.75) is 5.66 Å². The average molecular weight is 268 g/mol. The molecule has 0 aliphatic heterocycles. The van der Waals surface area contributed by atoms with Gasteiger partial charge in [-0.3, -0.25) is 4.98 Å². The van der Waals surface area contributed by atoms with Gasteiger partial charge in [0.25, 0.3) is 5.66 Å². The van der Waals surface area contributed by atoms with E-state index in [1.54, 1.807) is 12.1 Å². The Morgan fingerprint density at radius 1 is 1.17 bits per heavy atom. The second kappa shape index (κ2) is 5.27. The molecule has 94 valence electrons. The molecular weight excluding hydrogens is 257 g/mol. The summed E-state index contributed by atoms with van der Waals surface area (Å²) in [6.45, 7) is 0. The van der Waals surface area contributed by atoms with E-state index in [9.17, 15) is 8.78 Å². The zero-order valence-electron chi connectivity index (χ0n) is 9.31. The number of hydrogen-bond donors (Lipinski definition) is 1. The van der Waals surface area contributed by atoms with Crippen molar-refractivity contribution in [3.8, 4) is 5.75 Å². The van der Waals surface area contributed by atoms with Crippen LogP contribution in [0.2, 0.25) is 0 Å². The lowest BCUT2D eigenvalue weighted by Gasteiger charge is -2.12. The molecule has 1 heterocycles. The molecule has 0 spiro atoms. The van der Waals surface area contributed by atoms with Gasteiger partial charge in [0, 0.05) is 11.8 Å². The Morgan fingerprint density at radius 3 is 2.56 bits per heavy atom. The monoisotopic (exact) mass is 268 g/mol. The Bertz CT molecular complexity index is 517. The van der Waals surface area contributed by atoms with E-state index in [-0.39, 0.29) is 11.3 Å². The van der Waals surface area contributed by atoms with Gasteiger partial charge in [0.05, 0.1) is 11.9 Å². The van der Waals surface area contributed by atoms with Crippen LogP contribution in [0.15, 0.2) is 48.8 Å². The van der Waals surface area contributed by atoms with Gasteiger partial charge in [-0.2, -0.15) is 8.78 Å². The van der Waals surface area contributed by atoms with Gasteiger partial charge in [-0.15, -0.1) is 0 Å². The molecule has 2 aromatic rings. The van der Waals surface area contributed by atoms with Crippen molar-refractivity contribution >= 4 is 14.9 Å². The number of anilines is 1. The van der Waals surface area contributed by atoms with Crippen LogP contribution in [-0.2, 0) is 5.66 Å². The van der Waals surface area contributed by atoms with Crippen LogP contribution in [-0.4, -0.2) is 4.98 Å². The smallest absolute Gasteiger partial charge is 0.285 e. The zero-order chi connectivity index (χ0) is 13.0. The van der Waals surface area contributed by atoms with Crippen LogP contribution < -0.4 is 10.3 Å². The van der Waals surface area contributed by atoms with Crippen LogP contribution in [0.4, 0.5) is 14.5 Å². The summed E-state index contributed by atoms with van der Waals surface area (Å²) in [5.41, 5.74) is 0.133. The van der Waals surface area contributed by atoms with E-state index in [0.717, 1.165) is 11.9 Å². The molecule has 2 rings (SSSR count). The van der Waals surface area contributed by atoms with Crippen LogP contribution >= 0.6 is 9.24 Å². The molecule has 0 bridgehead atoms. The Balaban J connectivity index is 2.06. The molecule has 1 atom stereocenters. The van der Waals surface area contributed by atoms with Crippen LogP contribution in [0.25, 0.3) is 0 Å². The summed E-state index contributed by atoms with van der Waals surface area (Å²) in [6, 6.07) is 10.3. The summed E-state index contributed by atoms with van der Waals surface area (Å²) in [5, 5.41) is 0. The van der Waals surface area contributed by atoms with Crippen LogP contribution in [0.5, 0.6) is 5.75 Å². The number of pyridine rings is 1. The lowest BCUT2D eigenvalue weighted by Crippen LogP contribution is -2.07. The van der Waals surface area contributed by atoms with Gasteiger partial charge in [-0.05, 0) is 18.2 Å². The van der Waals surface area contributed by atoms with Crippen molar-refractivity contribution in [1.29, 1.82) is 0 Å². The molecule has 1 aromatic heterocycles. The van der Waals surface area contributed by atoms with E-state index in [1.165, 1.54) is 21.5 Å². The zero-order valence-corrected chi connectivity index (χ0v) is 10.5. The first-order valence-corrected chi connectivity index (χ1v) is 5.73. The van der Waals surface area contributed by atoms with Crippen molar-refractivity contribution in [1.82, 2.24) is 4.98 Å². The molecule has 0 amide bonds. The normalized spacial score (nSPS) is 11.1. The maximum Gasteiger partial charge on any atom is 0.285 e. The van der Waals surface area contributed by atoms with Gasteiger partial charge >= 0.3 is 0 Å². The molecule has 0 fully saturated rings. The maximum absolute atomic E-state index is 13.0. The first kappa shape index (κ1) is 12.7. The van der Waals surface area contributed by atoms with Gasteiger partial charge in [0.15, 0.2) is 5.75 Å². The first-order chi connectivity index (χ1) is 8.55. The number of nitrogens with one attached hydrogen (secondary N) is 1. The van der Waals surface area contributed by atoms with E-state index in [0.29, 0.717) is 0 Å². The number of nitrogens with zero attached hydrogens (tertiary/aromatic N) is 1. The predicted molar refractivity (Wildman–Crippen MR) is 68.5 cm³/mol. The summed E-state index contributed by atoms with van der Waals surface area (Å²) in [5.74, 6) is 0.221. The molecule has 1 N–H and O–H groups in total. The van der Waals surface area contributed by atoms with Crippen LogP contribution in [0.1, 0.15) is 5.56 Å². The SMILES string of the molecule is FC(F)(P)c1cncc(ONc2ccccc2)c1. The average Bonchev–Trinajstić information content (AvgIpc) is 2.37. The summed E-state index contributed by atoms with van der Waals surface area (Å²) >= 11 is 0. The third-order valence-corrected chi connectivity index (χ3v) is 2.49. The lowest BCUT2D eigenvalue weighted by molar-refractivity contribution is 0.103. The van der Waals surface area contributed by atoms with Crippen LogP contribution in [0.3, 0.4) is 0 Å². The number of rotatable bonds is 4. The van der Waals surface area contributed by atoms with E-state index >= 15 is 0 Å². The minimum Gasteiger partial charge on any atom is -0.381 e. The molecule has 18 heavy (non-hydrogen) atoms. The standard InChI is InChI=1S/C12H11F2N2OP/c13-12(14,18)9-6-11(8-15-7-9)17-16-10-4-2-1-3-5-10/h1-8,16H,18H2. The molecule has 0 radical (unpaired) electrons. The highest BCUT2D eigenvalue weighted by Crippen LogP contribution is 2.35. The third kappa shape index (κ3) is 3.37. The predicted octanol–water partition coefficient (Wildman–Crippen LogP) is 3.41. The largest absolute Gasteiger partial charge is 0.381 e.